The maximum absolute atomic E-state index is 10.6. The number of rotatable bonds is 7. The van der Waals surface area contributed by atoms with Crippen molar-refractivity contribution in [3.63, 3.8) is 0 Å². The normalized spacial score (nSPS) is 12.2. The molecular weight excluding hydrogens is 234 g/mol. The molecule has 6 heteroatoms. The predicted molar refractivity (Wildman–Crippen MR) is 69.6 cm³/mol. The highest BCUT2D eigenvalue weighted by Crippen LogP contribution is 2.18. The fraction of sp³-hybridized carbons (Fsp3) is 0.583. The first-order valence-electron chi connectivity index (χ1n) is 6.05. The molecule has 0 spiro atoms. The van der Waals surface area contributed by atoms with Crippen LogP contribution in [-0.4, -0.2) is 28.2 Å². The topological polar surface area (TPSA) is 88.3 Å². The molecule has 0 bridgehead atoms. The maximum Gasteiger partial charge on any atom is 0.290 e. The number of pyridine rings is 1. The van der Waals surface area contributed by atoms with Crippen molar-refractivity contribution in [2.75, 3.05) is 18.5 Å². The first-order valence-corrected chi connectivity index (χ1v) is 6.05. The van der Waals surface area contributed by atoms with Crippen molar-refractivity contribution in [3.8, 4) is 0 Å². The minimum absolute atomic E-state index is 0.0305. The van der Waals surface area contributed by atoms with Gasteiger partial charge in [0.25, 0.3) is 5.69 Å². The number of nitrogens with one attached hydrogen (secondary N) is 1. The van der Waals surface area contributed by atoms with Crippen molar-refractivity contribution < 1.29 is 10.0 Å². The summed E-state index contributed by atoms with van der Waals surface area (Å²) in [5.74, 6) is 1.02. The molecule has 0 saturated carbocycles. The first-order chi connectivity index (χ1) is 8.58. The quantitative estimate of drug-likeness (QED) is 0.574. The largest absolute Gasteiger partial charge is 0.396 e. The fourth-order valence-corrected chi connectivity index (χ4v) is 1.73. The van der Waals surface area contributed by atoms with Crippen molar-refractivity contribution in [1.29, 1.82) is 0 Å². The molecule has 0 aliphatic rings. The number of aromatic nitrogens is 1. The van der Waals surface area contributed by atoms with Gasteiger partial charge in [0.1, 0.15) is 11.5 Å². The minimum atomic E-state index is -0.438. The Kier molecular flexibility index (Phi) is 5.51. The highest BCUT2D eigenvalue weighted by atomic mass is 16.6. The van der Waals surface area contributed by atoms with E-state index in [1.807, 2.05) is 0 Å². The molecule has 1 rings (SSSR count). The van der Waals surface area contributed by atoms with Gasteiger partial charge in [-0.05, 0) is 25.3 Å². The SMILES string of the molecule is CCC(CCO)CNc1ccc([N+](=O)[O-])c(C)n1. The monoisotopic (exact) mass is 253 g/mol. The van der Waals surface area contributed by atoms with Crippen LogP contribution in [0.15, 0.2) is 12.1 Å². The van der Waals surface area contributed by atoms with Crippen LogP contribution in [0.4, 0.5) is 11.5 Å². The zero-order valence-corrected chi connectivity index (χ0v) is 10.7. The van der Waals surface area contributed by atoms with Crippen molar-refractivity contribution in [2.45, 2.75) is 26.7 Å². The number of aliphatic hydroxyl groups excluding tert-OH is 1. The van der Waals surface area contributed by atoms with Crippen molar-refractivity contribution >= 4 is 11.5 Å². The Balaban J connectivity index is 2.63. The molecule has 1 unspecified atom stereocenters. The molecule has 0 saturated heterocycles. The van der Waals surface area contributed by atoms with E-state index in [-0.39, 0.29) is 12.3 Å². The molecule has 1 aromatic heterocycles. The van der Waals surface area contributed by atoms with Crippen LogP contribution in [0.2, 0.25) is 0 Å². The third-order valence-electron chi connectivity index (χ3n) is 2.94. The number of nitrogens with zero attached hydrogens (tertiary/aromatic N) is 2. The first kappa shape index (κ1) is 14.4. The van der Waals surface area contributed by atoms with Gasteiger partial charge in [-0.3, -0.25) is 10.1 Å². The van der Waals surface area contributed by atoms with Gasteiger partial charge in [-0.25, -0.2) is 4.98 Å². The van der Waals surface area contributed by atoms with Gasteiger partial charge in [-0.2, -0.15) is 0 Å². The smallest absolute Gasteiger partial charge is 0.290 e. The second-order valence-electron chi connectivity index (χ2n) is 4.23. The molecule has 1 aromatic rings. The van der Waals surface area contributed by atoms with E-state index >= 15 is 0 Å². The summed E-state index contributed by atoms with van der Waals surface area (Å²) in [6, 6.07) is 3.06. The van der Waals surface area contributed by atoms with Gasteiger partial charge in [-0.15, -0.1) is 0 Å². The highest BCUT2D eigenvalue weighted by Gasteiger charge is 2.12. The molecule has 0 amide bonds. The summed E-state index contributed by atoms with van der Waals surface area (Å²) in [5.41, 5.74) is 0.433. The van der Waals surface area contributed by atoms with E-state index in [9.17, 15) is 10.1 Å². The summed E-state index contributed by atoms with van der Waals surface area (Å²) in [6.07, 6.45) is 1.72. The number of anilines is 1. The average molecular weight is 253 g/mol. The Labute approximate surface area is 106 Å². The molecule has 0 aliphatic heterocycles. The van der Waals surface area contributed by atoms with Crippen LogP contribution >= 0.6 is 0 Å². The van der Waals surface area contributed by atoms with E-state index in [1.54, 1.807) is 13.0 Å². The number of aryl methyl sites for hydroxylation is 1. The third kappa shape index (κ3) is 3.96. The average Bonchev–Trinajstić information content (AvgIpc) is 2.34. The van der Waals surface area contributed by atoms with Crippen LogP contribution in [0.25, 0.3) is 0 Å². The van der Waals surface area contributed by atoms with Gasteiger partial charge < -0.3 is 10.4 Å². The van der Waals surface area contributed by atoms with E-state index in [0.29, 0.717) is 24.0 Å². The van der Waals surface area contributed by atoms with E-state index in [1.165, 1.54) is 6.07 Å². The van der Waals surface area contributed by atoms with Gasteiger partial charge in [0.15, 0.2) is 0 Å². The maximum atomic E-state index is 10.6. The molecule has 6 nitrogen and oxygen atoms in total. The summed E-state index contributed by atoms with van der Waals surface area (Å²) < 4.78 is 0. The summed E-state index contributed by atoms with van der Waals surface area (Å²) in [5, 5.41) is 22.7. The Bertz CT molecular complexity index is 410. The standard InChI is InChI=1S/C12H19N3O3/c1-3-10(6-7-16)8-13-12-5-4-11(15(17)18)9(2)14-12/h4-5,10,16H,3,6-8H2,1-2H3,(H,13,14). The van der Waals surface area contributed by atoms with Crippen LogP contribution in [0.5, 0.6) is 0 Å². The minimum Gasteiger partial charge on any atom is -0.396 e. The molecule has 18 heavy (non-hydrogen) atoms. The summed E-state index contributed by atoms with van der Waals surface area (Å²) in [7, 11) is 0. The van der Waals surface area contributed by atoms with Gasteiger partial charge in [-0.1, -0.05) is 13.3 Å². The molecule has 1 heterocycles. The van der Waals surface area contributed by atoms with Crippen LogP contribution in [0.1, 0.15) is 25.5 Å². The van der Waals surface area contributed by atoms with Gasteiger partial charge in [0, 0.05) is 19.2 Å². The second kappa shape index (κ2) is 6.90. The fourth-order valence-electron chi connectivity index (χ4n) is 1.73. The van der Waals surface area contributed by atoms with Crippen LogP contribution in [0.3, 0.4) is 0 Å². The Morgan fingerprint density at radius 3 is 2.78 bits per heavy atom. The van der Waals surface area contributed by atoms with Crippen LogP contribution < -0.4 is 5.32 Å². The Morgan fingerprint density at radius 2 is 2.28 bits per heavy atom. The number of nitro groups is 1. The molecule has 0 aromatic carbocycles. The number of hydrogen-bond acceptors (Lipinski definition) is 5. The number of hydrogen-bond donors (Lipinski definition) is 2. The van der Waals surface area contributed by atoms with Crippen LogP contribution in [0, 0.1) is 23.0 Å². The Hall–Kier alpha value is -1.69. The lowest BCUT2D eigenvalue weighted by molar-refractivity contribution is -0.385. The zero-order valence-electron chi connectivity index (χ0n) is 10.7. The zero-order chi connectivity index (χ0) is 13.5. The van der Waals surface area contributed by atoms with Crippen molar-refractivity contribution in [1.82, 2.24) is 4.98 Å². The van der Waals surface area contributed by atoms with E-state index in [4.69, 9.17) is 5.11 Å². The van der Waals surface area contributed by atoms with Crippen molar-refractivity contribution in [3.05, 3.63) is 27.9 Å². The molecular formula is C12H19N3O3. The highest BCUT2D eigenvalue weighted by molar-refractivity contribution is 5.44. The molecule has 100 valence electrons. The van der Waals surface area contributed by atoms with Crippen molar-refractivity contribution in [2.24, 2.45) is 5.92 Å². The predicted octanol–water partition coefficient (Wildman–Crippen LogP) is 2.12. The lowest BCUT2D eigenvalue weighted by atomic mass is 10.0. The molecule has 1 atom stereocenters. The summed E-state index contributed by atoms with van der Waals surface area (Å²) in [6.45, 7) is 4.57. The van der Waals surface area contributed by atoms with E-state index in [2.05, 4.69) is 17.2 Å². The van der Waals surface area contributed by atoms with E-state index in [0.717, 1.165) is 12.8 Å². The van der Waals surface area contributed by atoms with Gasteiger partial charge >= 0.3 is 0 Å². The van der Waals surface area contributed by atoms with Gasteiger partial charge in [0.05, 0.1) is 4.92 Å². The second-order valence-corrected chi connectivity index (χ2v) is 4.23. The third-order valence-corrected chi connectivity index (χ3v) is 2.94. The summed E-state index contributed by atoms with van der Waals surface area (Å²) in [4.78, 5) is 14.4. The van der Waals surface area contributed by atoms with E-state index < -0.39 is 4.92 Å². The molecule has 0 radical (unpaired) electrons. The lowest BCUT2D eigenvalue weighted by Gasteiger charge is -2.14. The molecule has 0 fully saturated rings. The summed E-state index contributed by atoms with van der Waals surface area (Å²) >= 11 is 0. The molecule has 0 aliphatic carbocycles. The Morgan fingerprint density at radius 1 is 1.56 bits per heavy atom. The molecule has 2 N–H and O–H groups in total. The lowest BCUT2D eigenvalue weighted by Crippen LogP contribution is -2.15. The van der Waals surface area contributed by atoms with Gasteiger partial charge in [0.2, 0.25) is 0 Å². The number of aliphatic hydroxyl groups is 1. The van der Waals surface area contributed by atoms with Crippen LogP contribution in [-0.2, 0) is 0 Å².